The lowest BCUT2D eigenvalue weighted by atomic mass is 9.99. The molecular formula is C14H15N3O3. The Labute approximate surface area is 115 Å². The lowest BCUT2D eigenvalue weighted by Gasteiger charge is -2.20. The van der Waals surface area contributed by atoms with Crippen LogP contribution < -0.4 is 11.1 Å². The standard InChI is InChI=1S/C14H15N3O3/c15-14(4-5-19-8-14)13(18)17-11-3-1-2-10(6-11)12-7-16-9-20-12/h1-3,6-7,9H,4-5,8,15H2,(H,17,18). The number of carbonyl (C=O) groups excluding carboxylic acids is 1. The second-order valence-corrected chi connectivity index (χ2v) is 4.86. The highest BCUT2D eigenvalue weighted by atomic mass is 16.5. The van der Waals surface area contributed by atoms with Gasteiger partial charge in [-0.2, -0.15) is 0 Å². The number of amides is 1. The van der Waals surface area contributed by atoms with E-state index in [1.165, 1.54) is 6.39 Å². The summed E-state index contributed by atoms with van der Waals surface area (Å²) < 4.78 is 10.4. The summed E-state index contributed by atoms with van der Waals surface area (Å²) in [5.41, 5.74) is 6.58. The minimum Gasteiger partial charge on any atom is -0.444 e. The fraction of sp³-hybridized carbons (Fsp3) is 0.286. The van der Waals surface area contributed by atoms with Crippen LogP contribution in [0, 0.1) is 0 Å². The van der Waals surface area contributed by atoms with Crippen LogP contribution in [-0.4, -0.2) is 29.6 Å². The number of rotatable bonds is 3. The third kappa shape index (κ3) is 2.43. The summed E-state index contributed by atoms with van der Waals surface area (Å²) in [4.78, 5) is 16.1. The number of nitrogens with one attached hydrogen (secondary N) is 1. The molecule has 2 aromatic rings. The van der Waals surface area contributed by atoms with Crippen molar-refractivity contribution in [2.24, 2.45) is 5.73 Å². The molecular weight excluding hydrogens is 258 g/mol. The number of anilines is 1. The van der Waals surface area contributed by atoms with Crippen LogP contribution in [0.25, 0.3) is 11.3 Å². The van der Waals surface area contributed by atoms with Crippen molar-refractivity contribution in [3.05, 3.63) is 36.9 Å². The number of nitrogens with two attached hydrogens (primary N) is 1. The molecule has 3 rings (SSSR count). The molecule has 1 amide bonds. The molecule has 0 spiro atoms. The molecule has 0 radical (unpaired) electrons. The van der Waals surface area contributed by atoms with E-state index >= 15 is 0 Å². The molecule has 3 N–H and O–H groups in total. The third-order valence-electron chi connectivity index (χ3n) is 3.34. The number of carbonyl (C=O) groups is 1. The van der Waals surface area contributed by atoms with Gasteiger partial charge in [0.2, 0.25) is 5.91 Å². The summed E-state index contributed by atoms with van der Waals surface area (Å²) in [5.74, 6) is 0.414. The largest absolute Gasteiger partial charge is 0.444 e. The van der Waals surface area contributed by atoms with Crippen LogP contribution in [0.2, 0.25) is 0 Å². The number of hydrogen-bond acceptors (Lipinski definition) is 5. The monoisotopic (exact) mass is 273 g/mol. The van der Waals surface area contributed by atoms with Crippen molar-refractivity contribution in [2.75, 3.05) is 18.5 Å². The van der Waals surface area contributed by atoms with Crippen LogP contribution >= 0.6 is 0 Å². The number of ether oxygens (including phenoxy) is 1. The SMILES string of the molecule is NC1(C(=O)Nc2cccc(-c3cnco3)c2)CCOC1. The average molecular weight is 273 g/mol. The Morgan fingerprint density at radius 1 is 1.45 bits per heavy atom. The maximum atomic E-state index is 12.2. The quantitative estimate of drug-likeness (QED) is 0.882. The van der Waals surface area contributed by atoms with Gasteiger partial charge in [0.1, 0.15) is 5.54 Å². The summed E-state index contributed by atoms with van der Waals surface area (Å²) in [6.07, 6.45) is 3.52. The van der Waals surface area contributed by atoms with Crippen LogP contribution in [0.15, 0.2) is 41.3 Å². The van der Waals surface area contributed by atoms with Crippen molar-refractivity contribution in [1.82, 2.24) is 4.98 Å². The molecule has 0 aliphatic carbocycles. The Hall–Kier alpha value is -2.18. The van der Waals surface area contributed by atoms with E-state index in [4.69, 9.17) is 14.9 Å². The van der Waals surface area contributed by atoms with E-state index < -0.39 is 5.54 Å². The van der Waals surface area contributed by atoms with E-state index in [0.717, 1.165) is 5.56 Å². The molecule has 0 bridgehead atoms. The Kier molecular flexibility index (Phi) is 3.25. The Balaban J connectivity index is 1.78. The number of aromatic nitrogens is 1. The molecule has 1 aliphatic heterocycles. The fourth-order valence-electron chi connectivity index (χ4n) is 2.12. The first kappa shape index (κ1) is 12.8. The van der Waals surface area contributed by atoms with Crippen LogP contribution in [0.1, 0.15) is 6.42 Å². The molecule has 1 aromatic carbocycles. The van der Waals surface area contributed by atoms with Gasteiger partial charge in [-0.05, 0) is 18.6 Å². The summed E-state index contributed by atoms with van der Waals surface area (Å²) >= 11 is 0. The summed E-state index contributed by atoms with van der Waals surface area (Å²) in [6.45, 7) is 0.767. The van der Waals surface area contributed by atoms with Gasteiger partial charge in [0, 0.05) is 17.9 Å². The predicted molar refractivity (Wildman–Crippen MR) is 72.9 cm³/mol. The highest BCUT2D eigenvalue weighted by Crippen LogP contribution is 2.23. The van der Waals surface area contributed by atoms with Crippen molar-refractivity contribution in [2.45, 2.75) is 12.0 Å². The van der Waals surface area contributed by atoms with Gasteiger partial charge < -0.3 is 20.2 Å². The lowest BCUT2D eigenvalue weighted by Crippen LogP contribution is -2.51. The van der Waals surface area contributed by atoms with Crippen molar-refractivity contribution in [3.8, 4) is 11.3 Å². The number of benzene rings is 1. The maximum Gasteiger partial charge on any atom is 0.246 e. The molecule has 6 nitrogen and oxygen atoms in total. The smallest absolute Gasteiger partial charge is 0.246 e. The molecule has 0 saturated carbocycles. The van der Waals surface area contributed by atoms with Gasteiger partial charge >= 0.3 is 0 Å². The van der Waals surface area contributed by atoms with Crippen LogP contribution in [0.5, 0.6) is 0 Å². The van der Waals surface area contributed by atoms with Crippen molar-refractivity contribution in [1.29, 1.82) is 0 Å². The first-order valence-corrected chi connectivity index (χ1v) is 6.34. The first-order chi connectivity index (χ1) is 9.67. The van der Waals surface area contributed by atoms with Crippen LogP contribution in [0.4, 0.5) is 5.69 Å². The molecule has 1 aliphatic rings. The lowest BCUT2D eigenvalue weighted by molar-refractivity contribution is -0.121. The van der Waals surface area contributed by atoms with Crippen molar-refractivity contribution >= 4 is 11.6 Å². The zero-order valence-corrected chi connectivity index (χ0v) is 10.8. The van der Waals surface area contributed by atoms with Gasteiger partial charge in [0.05, 0.1) is 12.8 Å². The second kappa shape index (κ2) is 5.07. The second-order valence-electron chi connectivity index (χ2n) is 4.86. The fourth-order valence-corrected chi connectivity index (χ4v) is 2.12. The molecule has 104 valence electrons. The molecule has 1 aromatic heterocycles. The molecule has 2 heterocycles. The van der Waals surface area contributed by atoms with Crippen molar-refractivity contribution in [3.63, 3.8) is 0 Å². The van der Waals surface area contributed by atoms with Gasteiger partial charge in [0.25, 0.3) is 0 Å². The van der Waals surface area contributed by atoms with E-state index in [1.807, 2.05) is 18.2 Å². The normalized spacial score (nSPS) is 21.9. The predicted octanol–water partition coefficient (Wildman–Crippen LogP) is 1.40. The van der Waals surface area contributed by atoms with Crippen LogP contribution in [0.3, 0.4) is 0 Å². The average Bonchev–Trinajstić information content (AvgIpc) is 3.11. The van der Waals surface area contributed by atoms with E-state index in [9.17, 15) is 4.79 Å². The number of oxazole rings is 1. The molecule has 1 saturated heterocycles. The van der Waals surface area contributed by atoms with Gasteiger partial charge in [-0.1, -0.05) is 12.1 Å². The molecule has 1 fully saturated rings. The molecule has 1 unspecified atom stereocenters. The zero-order chi connectivity index (χ0) is 14.0. The Bertz CT molecular complexity index is 604. The highest BCUT2D eigenvalue weighted by Gasteiger charge is 2.38. The number of hydrogen-bond donors (Lipinski definition) is 2. The van der Waals surface area contributed by atoms with Crippen LogP contribution in [-0.2, 0) is 9.53 Å². The highest BCUT2D eigenvalue weighted by molar-refractivity contribution is 5.98. The van der Waals surface area contributed by atoms with E-state index in [0.29, 0.717) is 24.5 Å². The summed E-state index contributed by atoms with van der Waals surface area (Å²) in [7, 11) is 0. The molecule has 20 heavy (non-hydrogen) atoms. The van der Waals surface area contributed by atoms with Gasteiger partial charge in [-0.25, -0.2) is 4.98 Å². The molecule has 1 atom stereocenters. The zero-order valence-electron chi connectivity index (χ0n) is 10.8. The summed E-state index contributed by atoms with van der Waals surface area (Å²) in [6, 6.07) is 7.34. The Morgan fingerprint density at radius 3 is 3.05 bits per heavy atom. The topological polar surface area (TPSA) is 90.4 Å². The molecule has 6 heteroatoms. The number of nitrogens with zero attached hydrogens (tertiary/aromatic N) is 1. The maximum absolute atomic E-state index is 12.2. The third-order valence-corrected chi connectivity index (χ3v) is 3.34. The minimum absolute atomic E-state index is 0.232. The Morgan fingerprint density at radius 2 is 2.35 bits per heavy atom. The van der Waals surface area contributed by atoms with Gasteiger partial charge in [0.15, 0.2) is 12.2 Å². The van der Waals surface area contributed by atoms with E-state index in [2.05, 4.69) is 10.3 Å². The van der Waals surface area contributed by atoms with Gasteiger partial charge in [-0.15, -0.1) is 0 Å². The first-order valence-electron chi connectivity index (χ1n) is 6.34. The van der Waals surface area contributed by atoms with Gasteiger partial charge in [-0.3, -0.25) is 4.79 Å². The van der Waals surface area contributed by atoms with Crippen molar-refractivity contribution < 1.29 is 13.9 Å². The van der Waals surface area contributed by atoms with E-state index in [1.54, 1.807) is 12.3 Å². The minimum atomic E-state index is -0.942. The summed E-state index contributed by atoms with van der Waals surface area (Å²) in [5, 5.41) is 2.82. The van der Waals surface area contributed by atoms with E-state index in [-0.39, 0.29) is 12.5 Å².